The van der Waals surface area contributed by atoms with E-state index in [2.05, 4.69) is 43.5 Å². The number of H-pyrrole nitrogens is 1. The van der Waals surface area contributed by atoms with Crippen LogP contribution >= 0.6 is 27.2 Å². The molecule has 5 unspecified atom stereocenters. The minimum Gasteiger partial charge on any atom is -0.444 e. The highest BCUT2D eigenvalue weighted by molar-refractivity contribution is 8.07. The molecule has 83 heavy (non-hydrogen) atoms. The number of fused-ring (bicyclic) bond motifs is 3. The first-order valence-corrected chi connectivity index (χ1v) is 30.6. The number of unbranched alkanes of at least 4 members (excludes halogenated alkanes) is 2. The molecular formula is C48H61F2N11O18P2S2. The van der Waals surface area contributed by atoms with Crippen LogP contribution in [0.15, 0.2) is 58.8 Å². The van der Waals surface area contributed by atoms with Crippen molar-refractivity contribution in [2.75, 3.05) is 37.4 Å². The van der Waals surface area contributed by atoms with Crippen molar-refractivity contribution in [1.29, 1.82) is 0 Å². The van der Waals surface area contributed by atoms with Crippen LogP contribution in [-0.2, 0) is 79.3 Å². The largest absolute Gasteiger partial charge is 0.472 e. The van der Waals surface area contributed by atoms with Crippen LogP contribution < -0.4 is 27.2 Å². The van der Waals surface area contributed by atoms with E-state index in [4.69, 9.17) is 44.1 Å². The fraction of sp³-hybridized carbons (Fsp3) is 0.562. The maximum atomic E-state index is 16.5. The Kier molecular flexibility index (Phi) is 20.2. The van der Waals surface area contributed by atoms with Gasteiger partial charge in [0.05, 0.1) is 24.8 Å². The van der Waals surface area contributed by atoms with Gasteiger partial charge in [0, 0.05) is 44.4 Å². The van der Waals surface area contributed by atoms with Crippen molar-refractivity contribution in [2.45, 2.75) is 133 Å². The number of nitrogens with one attached hydrogen (secondary N) is 4. The standard InChI is InChI=1S/C48H61F2N11O18P2S2/c1-23(2)35(56-43(66)37(24(3)4)58(5)31(63)9-7-6-8-15-59-32(64)17-29(82)44(59)67)42(65)54-26-12-10-25(11-13-26)18-73-48(69)57-40-36-41(52-21-51-40)61(22-53-36)46-33(49)38-28(77-46)20-75-81(72,83)79-39-27(19-74-80(70,71)78-38)76-45(34(39)50)60-16-14-30(62)55-47(60)68/h10-14,16,21-24,27-29,33-35,37-39,45-46,82H,6-9,15,17-20H2,1-5H3,(H,54,65)(H,56,66)(H,70,71)(H,72,83)(H,55,62,68)(H,51,52,57,69)/t27-,28-,29?,33-,34-,35?,37?,38-,39-,45-,46-,81?/m1/s1. The monoisotopic (exact) mass is 1240 g/mol. The number of aromatic amines is 1. The summed E-state index contributed by atoms with van der Waals surface area (Å²) in [5.41, 5.74) is -1.23. The van der Waals surface area contributed by atoms with Crippen molar-refractivity contribution in [3.8, 4) is 0 Å². The molecule has 0 radical (unpaired) electrons. The number of rotatable bonds is 18. The predicted octanol–water partition coefficient (Wildman–Crippen LogP) is 2.91. The molecule has 0 bridgehead atoms. The van der Waals surface area contributed by atoms with E-state index in [0.717, 1.165) is 29.5 Å². The molecule has 4 aliphatic heterocycles. The molecule has 3 aromatic heterocycles. The SMILES string of the molecule is CC(C)C(NC(=O)C(C(C)C)N(C)C(=O)CCCCCN1C(=O)CC(S)C1=O)C(=O)Nc1ccc(COC(=O)Nc2ncnc3c2ncn3[C@@H]2O[C@@H]3COP(O)(=S)O[C@H]4[C@@H](F)[C@H](n5ccc(=O)[nH]c5=O)O[C@@H]4COP(=O)(O)O[C@H]3[C@H]2F)cc1. The minimum atomic E-state index is -5.29. The molecule has 1 aromatic carbocycles. The number of alkyl halides is 2. The molecule has 13 atom stereocenters. The quantitative estimate of drug-likeness (QED) is 0.0326. The van der Waals surface area contributed by atoms with E-state index in [1.54, 1.807) is 52.0 Å². The number of thiol groups is 1. The van der Waals surface area contributed by atoms with Crippen LogP contribution in [0.2, 0.25) is 0 Å². The summed E-state index contributed by atoms with van der Waals surface area (Å²) in [6.45, 7) is 0.721. The van der Waals surface area contributed by atoms with E-state index < -0.39 is 123 Å². The molecule has 8 rings (SSSR count). The topological polar surface area (TPSA) is 366 Å². The highest BCUT2D eigenvalue weighted by Gasteiger charge is 2.54. The number of phosphoric ester groups is 1. The third-order valence-electron chi connectivity index (χ3n) is 13.9. The molecule has 452 valence electrons. The lowest BCUT2D eigenvalue weighted by molar-refractivity contribution is -0.141. The Hall–Kier alpha value is -5.96. The molecule has 4 aromatic rings. The fourth-order valence-corrected chi connectivity index (χ4v) is 12.3. The Morgan fingerprint density at radius 1 is 0.880 bits per heavy atom. The number of ether oxygens (including phenoxy) is 3. The Bertz CT molecular complexity index is 3310. The lowest BCUT2D eigenvalue weighted by Gasteiger charge is -2.32. The zero-order valence-electron chi connectivity index (χ0n) is 45.1. The summed E-state index contributed by atoms with van der Waals surface area (Å²) < 4.78 is 85.5. The van der Waals surface area contributed by atoms with Crippen molar-refractivity contribution in [3.63, 3.8) is 0 Å². The van der Waals surface area contributed by atoms with Crippen LogP contribution in [0.4, 0.5) is 25.1 Å². The molecule has 7 heterocycles. The van der Waals surface area contributed by atoms with Crippen LogP contribution in [0.1, 0.15) is 77.8 Å². The lowest BCUT2D eigenvalue weighted by Crippen LogP contribution is -2.56. The van der Waals surface area contributed by atoms with Gasteiger partial charge in [-0.3, -0.25) is 66.7 Å². The van der Waals surface area contributed by atoms with Crippen LogP contribution in [0.5, 0.6) is 0 Å². The smallest absolute Gasteiger partial charge is 0.444 e. The lowest BCUT2D eigenvalue weighted by atomic mass is 9.98. The predicted molar refractivity (Wildman–Crippen MR) is 292 cm³/mol. The molecule has 35 heteroatoms. The number of carbonyl (C=O) groups is 6. The van der Waals surface area contributed by atoms with E-state index in [1.807, 2.05) is 4.98 Å². The maximum absolute atomic E-state index is 16.5. The number of hydrogen-bond donors (Lipinski definition) is 7. The molecule has 0 aliphatic carbocycles. The van der Waals surface area contributed by atoms with Crippen LogP contribution in [0.25, 0.3) is 11.2 Å². The number of imidazole rings is 1. The zero-order chi connectivity index (χ0) is 60.2. The molecule has 4 aliphatic rings. The first kappa shape index (κ1) is 63.1. The molecule has 0 spiro atoms. The first-order valence-electron chi connectivity index (χ1n) is 26.0. The fourth-order valence-electron chi connectivity index (χ4n) is 9.66. The number of benzene rings is 1. The van der Waals surface area contributed by atoms with Crippen molar-refractivity contribution in [1.82, 2.24) is 44.2 Å². The summed E-state index contributed by atoms with van der Waals surface area (Å²) in [5, 5.41) is 7.41. The average molecular weight is 1240 g/mol. The van der Waals surface area contributed by atoms with Crippen molar-refractivity contribution in [2.24, 2.45) is 11.8 Å². The van der Waals surface area contributed by atoms with E-state index in [1.165, 1.54) is 16.8 Å². The van der Waals surface area contributed by atoms with Gasteiger partial charge in [0.25, 0.3) is 5.56 Å². The van der Waals surface area contributed by atoms with Gasteiger partial charge in [0.15, 0.2) is 41.8 Å². The van der Waals surface area contributed by atoms with Gasteiger partial charge in [0.1, 0.15) is 49.4 Å². The van der Waals surface area contributed by atoms with Gasteiger partial charge in [0.2, 0.25) is 29.5 Å². The molecule has 4 fully saturated rings. The van der Waals surface area contributed by atoms with Gasteiger partial charge in [-0.25, -0.2) is 37.9 Å². The molecule has 4 saturated heterocycles. The van der Waals surface area contributed by atoms with Crippen molar-refractivity contribution < 1.29 is 84.2 Å². The van der Waals surface area contributed by atoms with Gasteiger partial charge in [-0.15, -0.1) is 0 Å². The number of nitrogens with zero attached hydrogens (tertiary/aromatic N) is 7. The normalized spacial score (nSPS) is 28.2. The van der Waals surface area contributed by atoms with Crippen molar-refractivity contribution >= 4 is 97.3 Å². The number of phosphoric acid groups is 1. The Morgan fingerprint density at radius 3 is 2.18 bits per heavy atom. The second kappa shape index (κ2) is 26.5. The highest BCUT2D eigenvalue weighted by Crippen LogP contribution is 2.54. The number of hydrogen-bond acceptors (Lipinski definition) is 21. The number of anilines is 2. The van der Waals surface area contributed by atoms with Gasteiger partial charge >= 0.3 is 26.3 Å². The number of imide groups is 1. The third kappa shape index (κ3) is 14.9. The second-order valence-corrected chi connectivity index (χ2v) is 25.3. The molecular weight excluding hydrogens is 1180 g/mol. The van der Waals surface area contributed by atoms with Crippen LogP contribution in [-0.4, -0.2) is 165 Å². The summed E-state index contributed by atoms with van der Waals surface area (Å²) in [6.07, 6.45) is -11.5. The first-order chi connectivity index (χ1) is 39.2. The number of amides is 6. The number of halogens is 2. The minimum absolute atomic E-state index is 0.0689. The van der Waals surface area contributed by atoms with Gasteiger partial charge < -0.3 is 44.1 Å². The average Bonchev–Trinajstić information content (AvgIpc) is 4.27. The van der Waals surface area contributed by atoms with E-state index in [-0.39, 0.29) is 72.5 Å². The summed E-state index contributed by atoms with van der Waals surface area (Å²) in [6, 6.07) is 5.27. The van der Waals surface area contributed by atoms with Crippen molar-refractivity contribution in [3.05, 3.63) is 75.6 Å². The van der Waals surface area contributed by atoms with E-state index >= 15 is 8.78 Å². The van der Waals surface area contributed by atoms with Gasteiger partial charge in [-0.2, -0.15) is 12.6 Å². The van der Waals surface area contributed by atoms with Crippen LogP contribution in [0.3, 0.4) is 0 Å². The number of likely N-dealkylation sites (N-methyl/N-ethyl adjacent to an activating group) is 1. The number of likely N-dealkylation sites (tertiary alicyclic amines) is 1. The maximum Gasteiger partial charge on any atom is 0.472 e. The number of aromatic nitrogens is 6. The summed E-state index contributed by atoms with van der Waals surface area (Å²) in [7, 11) is -3.76. The summed E-state index contributed by atoms with van der Waals surface area (Å²) >= 11 is 9.26. The molecule has 6 N–H and O–H groups in total. The Balaban J connectivity index is 0.832. The summed E-state index contributed by atoms with van der Waals surface area (Å²) in [4.78, 5) is 141. The summed E-state index contributed by atoms with van der Waals surface area (Å²) in [5.74, 6) is -2.79. The highest BCUT2D eigenvalue weighted by atomic mass is 32.5. The molecule has 6 amide bonds. The third-order valence-corrected chi connectivity index (χ3v) is 16.8. The van der Waals surface area contributed by atoms with E-state index in [0.29, 0.717) is 35.1 Å². The van der Waals surface area contributed by atoms with Gasteiger partial charge in [-0.05, 0) is 54.2 Å². The molecule has 0 saturated carbocycles. The van der Waals surface area contributed by atoms with E-state index in [9.17, 15) is 52.7 Å². The number of carbonyl (C=O) groups excluding carboxylic acids is 6. The van der Waals surface area contributed by atoms with Gasteiger partial charge in [-0.1, -0.05) is 46.2 Å². The Labute approximate surface area is 481 Å². The second-order valence-electron chi connectivity index (χ2n) is 20.5. The molecule has 29 nitrogen and oxygen atoms in total. The van der Waals surface area contributed by atoms with Crippen LogP contribution in [0, 0.1) is 11.8 Å². The zero-order valence-corrected chi connectivity index (χ0v) is 48.6. The Morgan fingerprint density at radius 2 is 1.54 bits per heavy atom.